The number of nitrogens with one attached hydrogen (secondary N) is 1. The van der Waals surface area contributed by atoms with Crippen LogP contribution >= 0.6 is 0 Å². The maximum Gasteiger partial charge on any atom is 0.345 e. The number of hydrogen-bond donors (Lipinski definition) is 1. The Balaban J connectivity index is 0.000000354. The Kier molecular flexibility index (Phi) is 7.19. The third-order valence-electron chi connectivity index (χ3n) is 1.31. The molecule has 1 unspecified atom stereocenters. The minimum atomic E-state index is -2.62. The molecule has 2 nitrogen and oxygen atoms in total. The van der Waals surface area contributed by atoms with Gasteiger partial charge in [0.25, 0.3) is 0 Å². The number of alkyl halides is 3. The van der Waals surface area contributed by atoms with Gasteiger partial charge in [-0.2, -0.15) is 8.78 Å². The Morgan fingerprint density at radius 1 is 1.58 bits per heavy atom. The van der Waals surface area contributed by atoms with Gasteiger partial charge < -0.3 is 10.1 Å². The molecule has 5 heteroatoms. The fourth-order valence-corrected chi connectivity index (χ4v) is 0.890. The Hall–Kier alpha value is -0.290. The molecule has 1 heterocycles. The molecule has 1 fully saturated rings. The lowest BCUT2D eigenvalue weighted by atomic mass is 10.3. The average molecular weight is 185 g/mol. The molecule has 0 aromatic heterocycles. The van der Waals surface area contributed by atoms with E-state index in [0.717, 1.165) is 6.54 Å². The zero-order valence-electron chi connectivity index (χ0n) is 7.03. The summed E-state index contributed by atoms with van der Waals surface area (Å²) in [5.74, 6) is 0. The molecule has 74 valence electrons. The van der Waals surface area contributed by atoms with E-state index in [0.29, 0.717) is 13.0 Å². The predicted octanol–water partition coefficient (Wildman–Crippen LogP) is 1.56. The molecule has 1 atom stereocenters. The van der Waals surface area contributed by atoms with Gasteiger partial charge in [-0.1, -0.05) is 0 Å². The van der Waals surface area contributed by atoms with Gasteiger partial charge in [0.05, 0.1) is 12.8 Å². The van der Waals surface area contributed by atoms with Gasteiger partial charge in [-0.05, 0) is 19.9 Å². The monoisotopic (exact) mass is 185 g/mol. The molecule has 1 N–H and O–H groups in total. The van der Waals surface area contributed by atoms with Gasteiger partial charge in [-0.3, -0.25) is 4.39 Å². The predicted molar refractivity (Wildman–Crippen MR) is 40.0 cm³/mol. The second-order valence-electron chi connectivity index (χ2n) is 2.28. The minimum Gasteiger partial charge on any atom is -0.318 e. The molecule has 12 heavy (non-hydrogen) atoms. The van der Waals surface area contributed by atoms with E-state index < -0.39 is 6.61 Å². The molecule has 1 rings (SSSR count). The number of halogens is 3. The highest BCUT2D eigenvalue weighted by Crippen LogP contribution is 2.07. The van der Waals surface area contributed by atoms with E-state index in [9.17, 15) is 13.2 Å². The van der Waals surface area contributed by atoms with E-state index in [2.05, 4.69) is 10.1 Å². The SMILES string of the molecule is CCF.FC(F)OC1CCNC1. The van der Waals surface area contributed by atoms with Crippen molar-refractivity contribution < 1.29 is 17.9 Å². The van der Waals surface area contributed by atoms with E-state index in [1.165, 1.54) is 6.92 Å². The Labute approximate surface area is 70.1 Å². The standard InChI is InChI=1S/C5H9F2NO.C2H5F/c6-5(7)9-4-1-2-8-3-4;1-2-3/h4-5,8H,1-3H2;2H2,1H3. The molecular formula is C7H14F3NO. The largest absolute Gasteiger partial charge is 0.345 e. The summed E-state index contributed by atoms with van der Waals surface area (Å²) in [6.45, 7) is -0.0586. The highest BCUT2D eigenvalue weighted by molar-refractivity contribution is 4.70. The van der Waals surface area contributed by atoms with Gasteiger partial charge in [-0.25, -0.2) is 0 Å². The third-order valence-corrected chi connectivity index (χ3v) is 1.31. The van der Waals surface area contributed by atoms with Crippen LogP contribution in [0.3, 0.4) is 0 Å². The zero-order valence-corrected chi connectivity index (χ0v) is 7.03. The summed E-state index contributed by atoms with van der Waals surface area (Å²) in [6.07, 6.45) is 0.426. The Morgan fingerprint density at radius 2 is 2.17 bits per heavy atom. The molecule has 0 spiro atoms. The number of hydrogen-bond acceptors (Lipinski definition) is 2. The van der Waals surface area contributed by atoms with Crippen molar-refractivity contribution in [1.29, 1.82) is 0 Å². The lowest BCUT2D eigenvalue weighted by Crippen LogP contribution is -2.19. The van der Waals surface area contributed by atoms with Crippen LogP contribution in [0.25, 0.3) is 0 Å². The van der Waals surface area contributed by atoms with Crippen LogP contribution < -0.4 is 5.32 Å². The first-order chi connectivity index (χ1) is 5.70. The van der Waals surface area contributed by atoms with Gasteiger partial charge in [0.1, 0.15) is 0 Å². The molecule has 1 saturated heterocycles. The van der Waals surface area contributed by atoms with Crippen molar-refractivity contribution in [2.45, 2.75) is 26.1 Å². The van der Waals surface area contributed by atoms with Crippen molar-refractivity contribution in [2.75, 3.05) is 19.8 Å². The summed E-state index contributed by atoms with van der Waals surface area (Å²) < 4.78 is 37.4. The zero-order chi connectivity index (χ0) is 9.40. The van der Waals surface area contributed by atoms with Gasteiger partial charge in [0.15, 0.2) is 0 Å². The van der Waals surface area contributed by atoms with Crippen molar-refractivity contribution in [3.63, 3.8) is 0 Å². The maximum absolute atomic E-state index is 11.4. The first kappa shape index (κ1) is 11.7. The topological polar surface area (TPSA) is 21.3 Å². The average Bonchev–Trinajstić information content (AvgIpc) is 2.40. The van der Waals surface area contributed by atoms with Crippen LogP contribution in [0, 0.1) is 0 Å². The summed E-state index contributed by atoms with van der Waals surface area (Å²) in [7, 11) is 0. The van der Waals surface area contributed by atoms with Crippen LogP contribution in [0.5, 0.6) is 0 Å². The quantitative estimate of drug-likeness (QED) is 0.705. The van der Waals surface area contributed by atoms with E-state index in [4.69, 9.17) is 0 Å². The fraction of sp³-hybridized carbons (Fsp3) is 1.00. The summed E-state index contributed by atoms with van der Waals surface area (Å²) in [4.78, 5) is 0. The summed E-state index contributed by atoms with van der Waals surface area (Å²) >= 11 is 0. The summed E-state index contributed by atoms with van der Waals surface area (Å²) in [6, 6.07) is 0. The molecule has 0 aromatic carbocycles. The van der Waals surface area contributed by atoms with Gasteiger partial charge in [0.2, 0.25) is 0 Å². The molecule has 0 saturated carbocycles. The third kappa shape index (κ3) is 6.42. The van der Waals surface area contributed by atoms with Gasteiger partial charge >= 0.3 is 6.61 Å². The van der Waals surface area contributed by atoms with Crippen LogP contribution in [-0.4, -0.2) is 32.5 Å². The smallest absolute Gasteiger partial charge is 0.318 e. The number of ether oxygens (including phenoxy) is 1. The van der Waals surface area contributed by atoms with Crippen LogP contribution in [-0.2, 0) is 4.74 Å². The minimum absolute atomic E-state index is 0.250. The molecule has 0 amide bonds. The van der Waals surface area contributed by atoms with Crippen molar-refractivity contribution in [3.8, 4) is 0 Å². The number of rotatable bonds is 2. The van der Waals surface area contributed by atoms with E-state index >= 15 is 0 Å². The first-order valence-corrected chi connectivity index (χ1v) is 3.91. The van der Waals surface area contributed by atoms with Crippen LogP contribution in [0.1, 0.15) is 13.3 Å². The maximum atomic E-state index is 11.4. The molecule has 0 bridgehead atoms. The second-order valence-corrected chi connectivity index (χ2v) is 2.28. The lowest BCUT2D eigenvalue weighted by molar-refractivity contribution is -0.156. The van der Waals surface area contributed by atoms with Crippen molar-refractivity contribution in [1.82, 2.24) is 5.32 Å². The van der Waals surface area contributed by atoms with Crippen molar-refractivity contribution in [3.05, 3.63) is 0 Å². The fourth-order valence-electron chi connectivity index (χ4n) is 0.890. The lowest BCUT2D eigenvalue weighted by Gasteiger charge is -2.07. The normalized spacial score (nSPS) is 22.2. The molecular weight excluding hydrogens is 171 g/mol. The van der Waals surface area contributed by atoms with Crippen LogP contribution in [0.2, 0.25) is 0 Å². The van der Waals surface area contributed by atoms with Gasteiger partial charge in [-0.15, -0.1) is 0 Å². The summed E-state index contributed by atoms with van der Waals surface area (Å²) in [5, 5.41) is 2.92. The van der Waals surface area contributed by atoms with Crippen molar-refractivity contribution >= 4 is 0 Å². The molecule has 0 radical (unpaired) electrons. The first-order valence-electron chi connectivity index (χ1n) is 3.91. The second kappa shape index (κ2) is 7.36. The van der Waals surface area contributed by atoms with E-state index in [1.807, 2.05) is 0 Å². The van der Waals surface area contributed by atoms with Crippen molar-refractivity contribution in [2.24, 2.45) is 0 Å². The van der Waals surface area contributed by atoms with E-state index in [-0.39, 0.29) is 12.8 Å². The molecule has 1 aliphatic rings. The Bertz CT molecular complexity index is 96.7. The molecule has 0 aliphatic carbocycles. The molecule has 0 aromatic rings. The van der Waals surface area contributed by atoms with E-state index in [1.54, 1.807) is 0 Å². The summed E-state index contributed by atoms with van der Waals surface area (Å²) in [5.41, 5.74) is 0. The van der Waals surface area contributed by atoms with Crippen LogP contribution in [0.4, 0.5) is 13.2 Å². The highest BCUT2D eigenvalue weighted by Gasteiger charge is 2.18. The molecule has 1 aliphatic heterocycles. The van der Waals surface area contributed by atoms with Gasteiger partial charge in [0, 0.05) is 6.54 Å². The Morgan fingerprint density at radius 3 is 2.50 bits per heavy atom. The highest BCUT2D eigenvalue weighted by atomic mass is 19.3. The van der Waals surface area contributed by atoms with Crippen LogP contribution in [0.15, 0.2) is 0 Å².